The van der Waals surface area contributed by atoms with Gasteiger partial charge in [0.1, 0.15) is 12.1 Å². The van der Waals surface area contributed by atoms with Crippen molar-refractivity contribution >= 4 is 17.8 Å². The highest BCUT2D eigenvalue weighted by Crippen LogP contribution is 2.24. The van der Waals surface area contributed by atoms with Crippen molar-refractivity contribution in [2.75, 3.05) is 6.54 Å². The van der Waals surface area contributed by atoms with Crippen molar-refractivity contribution in [3.05, 3.63) is 0 Å². The molecule has 0 spiro atoms. The summed E-state index contributed by atoms with van der Waals surface area (Å²) in [5.41, 5.74) is -0.879. The van der Waals surface area contributed by atoms with Crippen LogP contribution < -0.4 is 10.6 Å². The molecule has 0 bridgehead atoms. The molecule has 2 fully saturated rings. The minimum absolute atomic E-state index is 0.157. The summed E-state index contributed by atoms with van der Waals surface area (Å²) in [7, 11) is 0. The van der Waals surface area contributed by atoms with E-state index in [1.165, 1.54) is 6.42 Å². The van der Waals surface area contributed by atoms with Crippen LogP contribution in [0.5, 0.6) is 0 Å². The molecule has 0 aromatic carbocycles. The van der Waals surface area contributed by atoms with E-state index in [9.17, 15) is 14.4 Å². The Bertz CT molecular complexity index is 451. The summed E-state index contributed by atoms with van der Waals surface area (Å²) in [4.78, 5) is 37.2. The number of imide groups is 1. The Morgan fingerprint density at radius 2 is 2.05 bits per heavy atom. The number of rotatable bonds is 4. The van der Waals surface area contributed by atoms with E-state index in [0.717, 1.165) is 24.2 Å². The summed E-state index contributed by atoms with van der Waals surface area (Å²) < 4.78 is 0. The van der Waals surface area contributed by atoms with Gasteiger partial charge in [-0.1, -0.05) is 26.7 Å². The van der Waals surface area contributed by atoms with Crippen molar-refractivity contribution in [2.24, 2.45) is 5.92 Å². The van der Waals surface area contributed by atoms with Gasteiger partial charge in [0.15, 0.2) is 0 Å². The molecule has 3 atom stereocenters. The SMILES string of the molecule is CC[C@]1(C)NC(=O)N(CC(=O)N[C@@H]2CCCC[C@@H]2C)C1=O. The number of urea groups is 1. The van der Waals surface area contributed by atoms with Crippen LogP contribution in [-0.2, 0) is 9.59 Å². The van der Waals surface area contributed by atoms with E-state index in [0.29, 0.717) is 12.3 Å². The lowest BCUT2D eigenvalue weighted by molar-refractivity contribution is -0.135. The average Bonchev–Trinajstić information content (AvgIpc) is 2.66. The average molecular weight is 295 g/mol. The summed E-state index contributed by atoms with van der Waals surface area (Å²) in [5.74, 6) is -0.119. The number of carbonyl (C=O) groups is 3. The van der Waals surface area contributed by atoms with Gasteiger partial charge in [0.05, 0.1) is 0 Å². The minimum atomic E-state index is -0.879. The fourth-order valence-electron chi connectivity index (χ4n) is 3.06. The van der Waals surface area contributed by atoms with Gasteiger partial charge in [0.2, 0.25) is 5.91 Å². The van der Waals surface area contributed by atoms with Gasteiger partial charge in [-0.05, 0) is 32.1 Å². The predicted octanol–water partition coefficient (Wildman–Crippen LogP) is 1.40. The van der Waals surface area contributed by atoms with Gasteiger partial charge in [-0.3, -0.25) is 14.5 Å². The van der Waals surface area contributed by atoms with E-state index in [4.69, 9.17) is 0 Å². The molecule has 0 aromatic heterocycles. The summed E-state index contributed by atoms with van der Waals surface area (Å²) in [6, 6.07) is -0.319. The lowest BCUT2D eigenvalue weighted by atomic mass is 9.86. The van der Waals surface area contributed by atoms with Crippen LogP contribution in [0.2, 0.25) is 0 Å². The number of hydrogen-bond donors (Lipinski definition) is 2. The highest BCUT2D eigenvalue weighted by Gasteiger charge is 2.47. The molecule has 1 saturated heterocycles. The van der Waals surface area contributed by atoms with E-state index < -0.39 is 11.6 Å². The molecule has 1 saturated carbocycles. The van der Waals surface area contributed by atoms with Gasteiger partial charge in [-0.25, -0.2) is 4.79 Å². The van der Waals surface area contributed by atoms with Crippen molar-refractivity contribution in [1.82, 2.24) is 15.5 Å². The van der Waals surface area contributed by atoms with Crippen molar-refractivity contribution in [2.45, 2.75) is 64.5 Å². The molecular formula is C15H25N3O3. The molecule has 1 aliphatic carbocycles. The van der Waals surface area contributed by atoms with Crippen LogP contribution in [0.3, 0.4) is 0 Å². The Morgan fingerprint density at radius 1 is 1.38 bits per heavy atom. The number of hydrogen-bond acceptors (Lipinski definition) is 3. The number of nitrogens with zero attached hydrogens (tertiary/aromatic N) is 1. The monoisotopic (exact) mass is 295 g/mol. The molecule has 0 unspecified atom stereocenters. The maximum absolute atomic E-state index is 12.2. The molecule has 21 heavy (non-hydrogen) atoms. The van der Waals surface area contributed by atoms with Gasteiger partial charge in [0, 0.05) is 6.04 Å². The van der Waals surface area contributed by atoms with Crippen LogP contribution >= 0.6 is 0 Å². The van der Waals surface area contributed by atoms with E-state index in [1.807, 2.05) is 6.92 Å². The lowest BCUT2D eigenvalue weighted by Crippen LogP contribution is -2.48. The Kier molecular flexibility index (Phi) is 4.54. The second-order valence-electron chi connectivity index (χ2n) is 6.44. The second-order valence-corrected chi connectivity index (χ2v) is 6.44. The summed E-state index contributed by atoms with van der Waals surface area (Å²) in [6.07, 6.45) is 4.92. The van der Waals surface area contributed by atoms with Gasteiger partial charge in [0.25, 0.3) is 5.91 Å². The Labute approximate surface area is 125 Å². The van der Waals surface area contributed by atoms with Gasteiger partial charge < -0.3 is 10.6 Å². The Hall–Kier alpha value is -1.59. The van der Waals surface area contributed by atoms with Gasteiger partial charge in [-0.2, -0.15) is 0 Å². The summed E-state index contributed by atoms with van der Waals surface area (Å²) >= 11 is 0. The van der Waals surface area contributed by atoms with Gasteiger partial charge >= 0.3 is 6.03 Å². The highest BCUT2D eigenvalue weighted by atomic mass is 16.2. The standard InChI is InChI=1S/C15H25N3O3/c1-4-15(3)13(20)18(14(21)17-15)9-12(19)16-11-8-6-5-7-10(11)2/h10-11H,4-9H2,1-3H3,(H,16,19)(H,17,21)/t10-,11+,15-/m0/s1. The minimum Gasteiger partial charge on any atom is -0.352 e. The zero-order valence-electron chi connectivity index (χ0n) is 13.1. The first-order valence-corrected chi connectivity index (χ1v) is 7.81. The first-order valence-electron chi connectivity index (χ1n) is 7.81. The predicted molar refractivity (Wildman–Crippen MR) is 78.5 cm³/mol. The third kappa shape index (κ3) is 3.19. The molecule has 2 aliphatic rings. The number of carbonyl (C=O) groups excluding carboxylic acids is 3. The van der Waals surface area contributed by atoms with Gasteiger partial charge in [-0.15, -0.1) is 0 Å². The molecule has 4 amide bonds. The van der Waals surface area contributed by atoms with E-state index >= 15 is 0 Å². The smallest absolute Gasteiger partial charge is 0.325 e. The molecule has 1 heterocycles. The molecule has 0 aromatic rings. The Balaban J connectivity index is 1.93. The fourth-order valence-corrected chi connectivity index (χ4v) is 3.06. The first-order chi connectivity index (χ1) is 9.87. The quantitative estimate of drug-likeness (QED) is 0.770. The summed E-state index contributed by atoms with van der Waals surface area (Å²) in [5, 5.41) is 5.62. The lowest BCUT2D eigenvalue weighted by Gasteiger charge is -2.30. The molecule has 2 rings (SSSR count). The number of nitrogens with one attached hydrogen (secondary N) is 2. The van der Waals surface area contributed by atoms with Crippen LogP contribution in [0.15, 0.2) is 0 Å². The van der Waals surface area contributed by atoms with Crippen LogP contribution in [0, 0.1) is 5.92 Å². The maximum Gasteiger partial charge on any atom is 0.325 e. The third-order valence-corrected chi connectivity index (χ3v) is 4.81. The van der Waals surface area contributed by atoms with E-state index in [-0.39, 0.29) is 24.4 Å². The zero-order valence-corrected chi connectivity index (χ0v) is 13.1. The van der Waals surface area contributed by atoms with Crippen molar-refractivity contribution in [1.29, 1.82) is 0 Å². The normalized spacial score (nSPS) is 33.0. The number of amides is 4. The Morgan fingerprint density at radius 3 is 2.62 bits per heavy atom. The van der Waals surface area contributed by atoms with E-state index in [1.54, 1.807) is 6.92 Å². The molecule has 1 aliphatic heterocycles. The van der Waals surface area contributed by atoms with Crippen LogP contribution in [-0.4, -0.2) is 40.9 Å². The summed E-state index contributed by atoms with van der Waals surface area (Å²) in [6.45, 7) is 5.47. The van der Waals surface area contributed by atoms with Crippen molar-refractivity contribution in [3.8, 4) is 0 Å². The fraction of sp³-hybridized carbons (Fsp3) is 0.800. The molecule has 2 N–H and O–H groups in total. The molecule has 6 nitrogen and oxygen atoms in total. The zero-order chi connectivity index (χ0) is 15.6. The molecule has 0 radical (unpaired) electrons. The second kappa shape index (κ2) is 6.03. The largest absolute Gasteiger partial charge is 0.352 e. The van der Waals surface area contributed by atoms with Crippen molar-refractivity contribution < 1.29 is 14.4 Å². The van der Waals surface area contributed by atoms with Crippen molar-refractivity contribution in [3.63, 3.8) is 0 Å². The third-order valence-electron chi connectivity index (χ3n) is 4.81. The topological polar surface area (TPSA) is 78.5 Å². The molecular weight excluding hydrogens is 270 g/mol. The van der Waals surface area contributed by atoms with E-state index in [2.05, 4.69) is 17.6 Å². The maximum atomic E-state index is 12.2. The highest BCUT2D eigenvalue weighted by molar-refractivity contribution is 6.08. The van der Waals surface area contributed by atoms with Crippen LogP contribution in [0.1, 0.15) is 52.9 Å². The molecule has 118 valence electrons. The molecule has 6 heteroatoms. The first kappa shape index (κ1) is 15.8. The van der Waals surface area contributed by atoms with Crippen LogP contribution in [0.4, 0.5) is 4.79 Å². The van der Waals surface area contributed by atoms with Crippen LogP contribution in [0.25, 0.3) is 0 Å².